The third-order valence-corrected chi connectivity index (χ3v) is 3.11. The monoisotopic (exact) mass is 228 g/mol. The van der Waals surface area contributed by atoms with Crippen LogP contribution in [-0.4, -0.2) is 25.7 Å². The number of hydrogen-bond acceptors (Lipinski definition) is 2. The zero-order valence-electron chi connectivity index (χ0n) is 11.6. The molecule has 0 spiro atoms. The molecule has 0 aliphatic rings. The van der Waals surface area contributed by atoms with Crippen LogP contribution < -0.4 is 10.6 Å². The molecule has 1 atom stereocenters. The van der Waals surface area contributed by atoms with Crippen LogP contribution >= 0.6 is 0 Å². The second-order valence-corrected chi connectivity index (χ2v) is 4.78. The lowest BCUT2D eigenvalue weighted by Crippen LogP contribution is -2.33. The Kier molecular flexibility index (Phi) is 12.9. The van der Waals surface area contributed by atoms with Gasteiger partial charge in [-0.1, -0.05) is 46.0 Å². The predicted molar refractivity (Wildman–Crippen MR) is 74.0 cm³/mol. The fourth-order valence-corrected chi connectivity index (χ4v) is 1.71. The lowest BCUT2D eigenvalue weighted by molar-refractivity contribution is 0.508. The SMILES string of the molecule is CCCCCCCCNCCN[C@H](C)CC. The molecule has 0 bridgehead atoms. The Bertz CT molecular complexity index is 126. The quantitative estimate of drug-likeness (QED) is 0.501. The number of unbranched alkanes of at least 4 members (excludes halogenated alkanes) is 5. The second-order valence-electron chi connectivity index (χ2n) is 4.78. The summed E-state index contributed by atoms with van der Waals surface area (Å²) in [5.41, 5.74) is 0. The van der Waals surface area contributed by atoms with Crippen molar-refractivity contribution in [3.63, 3.8) is 0 Å². The maximum Gasteiger partial charge on any atom is 0.00792 e. The van der Waals surface area contributed by atoms with Crippen molar-refractivity contribution in [2.45, 2.75) is 71.8 Å². The van der Waals surface area contributed by atoms with Crippen LogP contribution in [0.25, 0.3) is 0 Å². The Morgan fingerprint density at radius 1 is 0.812 bits per heavy atom. The molecular weight excluding hydrogens is 196 g/mol. The van der Waals surface area contributed by atoms with Crippen LogP contribution in [0.1, 0.15) is 65.7 Å². The first kappa shape index (κ1) is 15.9. The molecule has 0 aromatic carbocycles. The third-order valence-electron chi connectivity index (χ3n) is 3.11. The summed E-state index contributed by atoms with van der Waals surface area (Å²) in [6, 6.07) is 0.663. The lowest BCUT2D eigenvalue weighted by Gasteiger charge is -2.11. The summed E-state index contributed by atoms with van der Waals surface area (Å²) in [7, 11) is 0. The Morgan fingerprint density at radius 3 is 2.19 bits per heavy atom. The van der Waals surface area contributed by atoms with Crippen molar-refractivity contribution in [2.75, 3.05) is 19.6 Å². The van der Waals surface area contributed by atoms with Gasteiger partial charge in [0.1, 0.15) is 0 Å². The average Bonchev–Trinajstić information content (AvgIpc) is 2.31. The van der Waals surface area contributed by atoms with E-state index >= 15 is 0 Å². The molecule has 0 aliphatic carbocycles. The zero-order valence-corrected chi connectivity index (χ0v) is 11.6. The average molecular weight is 228 g/mol. The largest absolute Gasteiger partial charge is 0.315 e. The topological polar surface area (TPSA) is 24.1 Å². The van der Waals surface area contributed by atoms with Gasteiger partial charge < -0.3 is 10.6 Å². The Balaban J connectivity index is 2.93. The van der Waals surface area contributed by atoms with E-state index in [2.05, 4.69) is 31.4 Å². The molecule has 0 fully saturated rings. The van der Waals surface area contributed by atoms with Gasteiger partial charge in [0.15, 0.2) is 0 Å². The van der Waals surface area contributed by atoms with Crippen molar-refractivity contribution in [3.8, 4) is 0 Å². The van der Waals surface area contributed by atoms with Crippen molar-refractivity contribution in [1.82, 2.24) is 10.6 Å². The molecule has 0 rings (SSSR count). The van der Waals surface area contributed by atoms with Gasteiger partial charge >= 0.3 is 0 Å². The summed E-state index contributed by atoms with van der Waals surface area (Å²) in [4.78, 5) is 0. The molecule has 0 unspecified atom stereocenters. The predicted octanol–water partition coefficient (Wildman–Crippen LogP) is 3.32. The third kappa shape index (κ3) is 12.0. The number of rotatable bonds is 12. The highest BCUT2D eigenvalue weighted by atomic mass is 15.0. The highest BCUT2D eigenvalue weighted by Crippen LogP contribution is 2.03. The van der Waals surface area contributed by atoms with Crippen LogP contribution in [0.15, 0.2) is 0 Å². The molecule has 0 saturated carbocycles. The van der Waals surface area contributed by atoms with Crippen molar-refractivity contribution >= 4 is 0 Å². The van der Waals surface area contributed by atoms with E-state index in [4.69, 9.17) is 0 Å². The van der Waals surface area contributed by atoms with E-state index in [-0.39, 0.29) is 0 Å². The molecule has 2 nitrogen and oxygen atoms in total. The van der Waals surface area contributed by atoms with Crippen LogP contribution in [-0.2, 0) is 0 Å². The molecule has 0 saturated heterocycles. The van der Waals surface area contributed by atoms with Crippen LogP contribution in [0.5, 0.6) is 0 Å². The minimum Gasteiger partial charge on any atom is -0.315 e. The Labute approximate surface area is 103 Å². The maximum atomic E-state index is 3.49. The normalized spacial score (nSPS) is 12.9. The van der Waals surface area contributed by atoms with Crippen LogP contribution in [0.4, 0.5) is 0 Å². The van der Waals surface area contributed by atoms with E-state index in [1.54, 1.807) is 0 Å². The van der Waals surface area contributed by atoms with E-state index in [1.165, 1.54) is 51.5 Å². The van der Waals surface area contributed by atoms with Gasteiger partial charge in [0.2, 0.25) is 0 Å². The van der Waals surface area contributed by atoms with Crippen molar-refractivity contribution in [2.24, 2.45) is 0 Å². The molecule has 0 aromatic heterocycles. The van der Waals surface area contributed by atoms with Crippen molar-refractivity contribution in [1.29, 1.82) is 0 Å². The summed E-state index contributed by atoms with van der Waals surface area (Å²) in [5.74, 6) is 0. The first-order valence-electron chi connectivity index (χ1n) is 7.25. The summed E-state index contributed by atoms with van der Waals surface area (Å²) in [6.07, 6.45) is 9.55. The van der Waals surface area contributed by atoms with Gasteiger partial charge in [-0.25, -0.2) is 0 Å². The van der Waals surface area contributed by atoms with E-state index in [9.17, 15) is 0 Å². The second kappa shape index (κ2) is 13.0. The number of nitrogens with one attached hydrogen (secondary N) is 2. The first-order valence-corrected chi connectivity index (χ1v) is 7.25. The first-order chi connectivity index (χ1) is 7.81. The van der Waals surface area contributed by atoms with E-state index < -0.39 is 0 Å². The fourth-order valence-electron chi connectivity index (χ4n) is 1.71. The molecular formula is C14H32N2. The summed E-state index contributed by atoms with van der Waals surface area (Å²) in [5, 5.41) is 6.98. The maximum absolute atomic E-state index is 3.49. The summed E-state index contributed by atoms with van der Waals surface area (Å²) < 4.78 is 0. The number of hydrogen-bond donors (Lipinski definition) is 2. The Hall–Kier alpha value is -0.0800. The summed E-state index contributed by atoms with van der Waals surface area (Å²) >= 11 is 0. The van der Waals surface area contributed by atoms with E-state index in [0.29, 0.717) is 6.04 Å². The van der Waals surface area contributed by atoms with Crippen LogP contribution in [0, 0.1) is 0 Å². The molecule has 0 aliphatic heterocycles. The molecule has 98 valence electrons. The van der Waals surface area contributed by atoms with E-state index in [0.717, 1.165) is 13.1 Å². The van der Waals surface area contributed by atoms with Gasteiger partial charge in [0.25, 0.3) is 0 Å². The molecule has 0 aromatic rings. The van der Waals surface area contributed by atoms with Crippen LogP contribution in [0.2, 0.25) is 0 Å². The molecule has 2 N–H and O–H groups in total. The molecule has 16 heavy (non-hydrogen) atoms. The fraction of sp³-hybridized carbons (Fsp3) is 1.00. The molecule has 0 radical (unpaired) electrons. The van der Waals surface area contributed by atoms with Crippen LogP contribution in [0.3, 0.4) is 0 Å². The van der Waals surface area contributed by atoms with Gasteiger partial charge in [-0.3, -0.25) is 0 Å². The lowest BCUT2D eigenvalue weighted by atomic mass is 10.1. The minimum absolute atomic E-state index is 0.663. The van der Waals surface area contributed by atoms with Crippen molar-refractivity contribution in [3.05, 3.63) is 0 Å². The molecule has 0 heterocycles. The Morgan fingerprint density at radius 2 is 1.50 bits per heavy atom. The highest BCUT2D eigenvalue weighted by molar-refractivity contribution is 4.59. The molecule has 2 heteroatoms. The zero-order chi connectivity index (χ0) is 12.1. The summed E-state index contributed by atoms with van der Waals surface area (Å²) in [6.45, 7) is 10.1. The molecule has 0 amide bonds. The van der Waals surface area contributed by atoms with Gasteiger partial charge in [-0.2, -0.15) is 0 Å². The van der Waals surface area contributed by atoms with Gasteiger partial charge in [0.05, 0.1) is 0 Å². The van der Waals surface area contributed by atoms with Crippen molar-refractivity contribution < 1.29 is 0 Å². The smallest absolute Gasteiger partial charge is 0.00792 e. The van der Waals surface area contributed by atoms with Gasteiger partial charge in [-0.15, -0.1) is 0 Å². The van der Waals surface area contributed by atoms with Gasteiger partial charge in [-0.05, 0) is 26.3 Å². The highest BCUT2D eigenvalue weighted by Gasteiger charge is 1.95. The van der Waals surface area contributed by atoms with E-state index in [1.807, 2.05) is 0 Å². The standard InChI is InChI=1S/C14H32N2/c1-4-6-7-8-9-10-11-15-12-13-16-14(3)5-2/h14-16H,4-13H2,1-3H3/t14-/m1/s1. The van der Waals surface area contributed by atoms with Gasteiger partial charge in [0, 0.05) is 19.1 Å². The minimum atomic E-state index is 0.663.